The molecule has 1 amide bonds. The Labute approximate surface area is 235 Å². The van der Waals surface area contributed by atoms with Crippen LogP contribution in [0.15, 0.2) is 75.5 Å². The van der Waals surface area contributed by atoms with Gasteiger partial charge in [-0.2, -0.15) is 0 Å². The van der Waals surface area contributed by atoms with E-state index in [1.807, 2.05) is 41.8 Å². The van der Waals surface area contributed by atoms with E-state index in [1.54, 1.807) is 16.4 Å². The molecule has 0 radical (unpaired) electrons. The standard InChI is InChI=1S/C30H31N3O4S2/c1-4-6-7-8-11-16-32-21-14-10-9-13-20(21)24(27(32)34)26-28(35)33-25(22-15-12-18-38-22)23(29(36)37-17-5-2)19(3)31-30(33)39-26/h5,9-10,12-15,18,25H,2,4,6-8,11,16-17H2,1,3H3/b26-24-/t25-/m0/s1. The van der Waals surface area contributed by atoms with Crippen LogP contribution in [0, 0.1) is 0 Å². The highest BCUT2D eigenvalue weighted by molar-refractivity contribution is 7.10. The van der Waals surface area contributed by atoms with Gasteiger partial charge in [-0.3, -0.25) is 14.2 Å². The van der Waals surface area contributed by atoms with Gasteiger partial charge in [0.25, 0.3) is 11.5 Å². The molecule has 1 atom stereocenters. The van der Waals surface area contributed by atoms with Crippen molar-refractivity contribution in [2.24, 2.45) is 4.99 Å². The monoisotopic (exact) mass is 561 g/mol. The fourth-order valence-electron chi connectivity index (χ4n) is 5.16. The summed E-state index contributed by atoms with van der Waals surface area (Å²) in [7, 11) is 0. The number of hydrogen-bond donors (Lipinski definition) is 0. The van der Waals surface area contributed by atoms with Crippen LogP contribution in [0.2, 0.25) is 0 Å². The Kier molecular flexibility index (Phi) is 8.09. The predicted molar refractivity (Wildman–Crippen MR) is 156 cm³/mol. The molecule has 7 nitrogen and oxygen atoms in total. The quantitative estimate of drug-likeness (QED) is 0.204. The van der Waals surface area contributed by atoms with Crippen molar-refractivity contribution in [2.45, 2.75) is 52.0 Å². The summed E-state index contributed by atoms with van der Waals surface area (Å²) in [6.07, 6.45) is 6.96. The van der Waals surface area contributed by atoms with E-state index < -0.39 is 12.0 Å². The molecule has 39 heavy (non-hydrogen) atoms. The van der Waals surface area contributed by atoms with Gasteiger partial charge in [0.15, 0.2) is 4.80 Å². The highest BCUT2D eigenvalue weighted by Crippen LogP contribution is 2.36. The van der Waals surface area contributed by atoms with Crippen LogP contribution in [-0.4, -0.2) is 29.6 Å². The number of carbonyl (C=O) groups is 2. The minimum Gasteiger partial charge on any atom is -0.458 e. The molecule has 3 aromatic rings. The van der Waals surface area contributed by atoms with Crippen LogP contribution in [0.5, 0.6) is 0 Å². The first-order valence-electron chi connectivity index (χ1n) is 13.3. The largest absolute Gasteiger partial charge is 0.458 e. The molecule has 4 heterocycles. The van der Waals surface area contributed by atoms with Crippen molar-refractivity contribution < 1.29 is 14.3 Å². The number of allylic oxidation sites excluding steroid dienone is 1. The molecule has 1 aromatic carbocycles. The van der Waals surface area contributed by atoms with Crippen molar-refractivity contribution in [3.63, 3.8) is 0 Å². The maximum Gasteiger partial charge on any atom is 0.338 e. The SMILES string of the molecule is C=CCOC(=O)C1=C(C)N=c2s/c(=C3\C(=O)N(CCCCCCC)c4ccccc43)c(=O)n2[C@H]1c1cccs1. The van der Waals surface area contributed by atoms with E-state index in [9.17, 15) is 14.4 Å². The number of carbonyl (C=O) groups excluding carboxylic acids is 2. The number of fused-ring (bicyclic) bond motifs is 2. The van der Waals surface area contributed by atoms with Crippen LogP contribution < -0.4 is 19.8 Å². The molecule has 0 unspecified atom stereocenters. The molecule has 0 saturated carbocycles. The molecule has 0 bridgehead atoms. The van der Waals surface area contributed by atoms with E-state index in [0.717, 1.165) is 41.8 Å². The van der Waals surface area contributed by atoms with Crippen LogP contribution in [0.3, 0.4) is 0 Å². The second-order valence-corrected chi connectivity index (χ2v) is 11.5. The molecule has 2 aliphatic rings. The summed E-state index contributed by atoms with van der Waals surface area (Å²) in [5.41, 5.74) is 2.47. The zero-order valence-electron chi connectivity index (χ0n) is 22.1. The van der Waals surface area contributed by atoms with E-state index in [-0.39, 0.29) is 18.1 Å². The number of ether oxygens (including phenoxy) is 1. The molecular weight excluding hydrogens is 530 g/mol. The van der Waals surface area contributed by atoms with Crippen LogP contribution in [0.4, 0.5) is 5.69 Å². The van der Waals surface area contributed by atoms with Crippen LogP contribution in [0.1, 0.15) is 62.4 Å². The first-order valence-corrected chi connectivity index (χ1v) is 14.9. The Bertz CT molecular complexity index is 1630. The van der Waals surface area contributed by atoms with Gasteiger partial charge in [-0.05, 0) is 30.9 Å². The van der Waals surface area contributed by atoms with Crippen molar-refractivity contribution in [2.75, 3.05) is 18.1 Å². The Morgan fingerprint density at radius 3 is 2.67 bits per heavy atom. The van der Waals surface area contributed by atoms with Gasteiger partial charge in [0.1, 0.15) is 17.2 Å². The molecule has 2 aromatic heterocycles. The maximum absolute atomic E-state index is 14.1. The average Bonchev–Trinajstić information content (AvgIpc) is 3.64. The lowest BCUT2D eigenvalue weighted by Gasteiger charge is -2.23. The zero-order chi connectivity index (χ0) is 27.5. The first kappa shape index (κ1) is 27.0. The van der Waals surface area contributed by atoms with E-state index in [1.165, 1.54) is 35.2 Å². The lowest BCUT2D eigenvalue weighted by Crippen LogP contribution is -2.40. The first-order chi connectivity index (χ1) is 19.0. The molecular formula is C30H31N3O4S2. The second kappa shape index (κ2) is 11.7. The van der Waals surface area contributed by atoms with E-state index >= 15 is 0 Å². The number of amides is 1. The highest BCUT2D eigenvalue weighted by Gasteiger charge is 2.37. The third-order valence-electron chi connectivity index (χ3n) is 7.00. The van der Waals surface area contributed by atoms with Gasteiger partial charge < -0.3 is 9.64 Å². The Balaban J connectivity index is 1.64. The number of nitrogens with zero attached hydrogens (tertiary/aromatic N) is 3. The fraction of sp³-hybridized carbons (Fsp3) is 0.333. The lowest BCUT2D eigenvalue weighted by molar-refractivity contribution is -0.138. The van der Waals surface area contributed by atoms with E-state index in [2.05, 4.69) is 18.5 Å². The Morgan fingerprint density at radius 1 is 1.13 bits per heavy atom. The molecule has 0 aliphatic carbocycles. The van der Waals surface area contributed by atoms with Gasteiger partial charge in [0.2, 0.25) is 0 Å². The Morgan fingerprint density at radius 2 is 1.92 bits per heavy atom. The van der Waals surface area contributed by atoms with Crippen LogP contribution >= 0.6 is 22.7 Å². The minimum atomic E-state index is -0.686. The van der Waals surface area contributed by atoms with Crippen molar-refractivity contribution in [3.05, 3.63) is 95.8 Å². The number of para-hydroxylation sites is 1. The molecule has 9 heteroatoms. The predicted octanol–water partition coefficient (Wildman–Crippen LogP) is 4.71. The molecule has 0 spiro atoms. The second-order valence-electron chi connectivity index (χ2n) is 9.57. The third kappa shape index (κ3) is 4.96. The molecule has 202 valence electrons. The molecule has 0 fully saturated rings. The average molecular weight is 562 g/mol. The number of benzene rings is 1. The van der Waals surface area contributed by atoms with Crippen molar-refractivity contribution in [1.82, 2.24) is 4.57 Å². The minimum absolute atomic E-state index is 0.0565. The van der Waals surface area contributed by atoms with Crippen molar-refractivity contribution in [1.29, 1.82) is 0 Å². The summed E-state index contributed by atoms with van der Waals surface area (Å²) in [5, 5.41) is 1.91. The van der Waals surface area contributed by atoms with Crippen LogP contribution in [0.25, 0.3) is 5.57 Å². The van der Waals surface area contributed by atoms with E-state index in [4.69, 9.17) is 4.74 Å². The van der Waals surface area contributed by atoms with Crippen molar-refractivity contribution >= 4 is 45.8 Å². The molecule has 5 rings (SSSR count). The van der Waals surface area contributed by atoms with E-state index in [0.29, 0.717) is 32.7 Å². The summed E-state index contributed by atoms with van der Waals surface area (Å²) in [6, 6.07) is 10.7. The van der Waals surface area contributed by atoms with Crippen molar-refractivity contribution in [3.8, 4) is 0 Å². The number of thiazole rings is 1. The number of esters is 1. The van der Waals surface area contributed by atoms with Gasteiger partial charge >= 0.3 is 5.97 Å². The summed E-state index contributed by atoms with van der Waals surface area (Å²) >= 11 is 2.65. The Hall–Kier alpha value is -3.56. The van der Waals surface area contributed by atoms with Gasteiger partial charge in [0.05, 0.1) is 22.5 Å². The lowest BCUT2D eigenvalue weighted by atomic mass is 10.0. The zero-order valence-corrected chi connectivity index (χ0v) is 23.8. The fourth-order valence-corrected chi connectivity index (χ4v) is 7.12. The number of thiophene rings is 1. The van der Waals surface area contributed by atoms with Crippen LogP contribution in [-0.2, 0) is 14.3 Å². The smallest absolute Gasteiger partial charge is 0.338 e. The van der Waals surface area contributed by atoms with Gasteiger partial charge in [-0.1, -0.05) is 80.9 Å². The number of rotatable bonds is 10. The number of aromatic nitrogens is 1. The number of hydrogen-bond acceptors (Lipinski definition) is 7. The highest BCUT2D eigenvalue weighted by atomic mass is 32.1. The summed E-state index contributed by atoms with van der Waals surface area (Å²) in [5.74, 6) is -0.699. The van der Waals surface area contributed by atoms with Gasteiger partial charge in [-0.25, -0.2) is 9.79 Å². The summed E-state index contributed by atoms with van der Waals surface area (Å²) in [4.78, 5) is 48.8. The normalized spacial score (nSPS) is 17.6. The topological polar surface area (TPSA) is 81.0 Å². The molecule has 0 saturated heterocycles. The van der Waals surface area contributed by atoms with Gasteiger partial charge in [-0.15, -0.1) is 11.3 Å². The summed E-state index contributed by atoms with van der Waals surface area (Å²) < 4.78 is 7.27. The maximum atomic E-state index is 14.1. The molecule has 0 N–H and O–H groups in total. The third-order valence-corrected chi connectivity index (χ3v) is 8.98. The number of unbranched alkanes of at least 4 members (excludes halogenated alkanes) is 4. The molecule has 2 aliphatic heterocycles. The number of anilines is 1. The van der Waals surface area contributed by atoms with Gasteiger partial charge in [0, 0.05) is 17.0 Å². The summed E-state index contributed by atoms with van der Waals surface area (Å²) in [6.45, 7) is 8.22.